The van der Waals surface area contributed by atoms with Crippen molar-refractivity contribution in [2.75, 3.05) is 6.54 Å². The summed E-state index contributed by atoms with van der Waals surface area (Å²) < 4.78 is 0. The van der Waals surface area contributed by atoms with Gasteiger partial charge in [0.1, 0.15) is 11.8 Å². The zero-order valence-electron chi connectivity index (χ0n) is 8.09. The smallest absolute Gasteiger partial charge is 0.137 e. The molecule has 0 aromatic carbocycles. The number of rotatable bonds is 3. The molecule has 2 heterocycles. The molecule has 0 aliphatic rings. The number of nitrogens with one attached hydrogen (secondary N) is 1. The molecule has 0 amide bonds. The molecule has 2 aromatic heterocycles. The Hall–Kier alpha value is -1.43. The number of aliphatic hydroxyl groups is 2. The lowest BCUT2D eigenvalue weighted by Crippen LogP contribution is -2.27. The lowest BCUT2D eigenvalue weighted by atomic mass is 10.1. The van der Waals surface area contributed by atoms with Gasteiger partial charge < -0.3 is 20.9 Å². The monoisotopic (exact) mass is 207 g/mol. The predicted octanol–water partition coefficient (Wildman–Crippen LogP) is -0.0841. The maximum atomic E-state index is 9.71. The largest absolute Gasteiger partial charge is 0.389 e. The van der Waals surface area contributed by atoms with E-state index in [4.69, 9.17) is 5.73 Å². The molecule has 0 aliphatic heterocycles. The van der Waals surface area contributed by atoms with Crippen LogP contribution in [0.15, 0.2) is 24.5 Å². The third kappa shape index (κ3) is 1.85. The number of H-pyrrole nitrogens is 1. The SMILES string of the molecule is NCC(O)C(O)c1cnc2[nH]ccc2c1. The Morgan fingerprint density at radius 1 is 1.47 bits per heavy atom. The summed E-state index contributed by atoms with van der Waals surface area (Å²) in [5, 5.41) is 20.0. The molecule has 2 atom stereocenters. The molecule has 5 heteroatoms. The fraction of sp³-hybridized carbons (Fsp3) is 0.300. The van der Waals surface area contributed by atoms with Crippen LogP contribution in [0.4, 0.5) is 0 Å². The van der Waals surface area contributed by atoms with Crippen LogP contribution >= 0.6 is 0 Å². The molecule has 0 fully saturated rings. The van der Waals surface area contributed by atoms with E-state index in [0.29, 0.717) is 5.56 Å². The van der Waals surface area contributed by atoms with E-state index in [9.17, 15) is 10.2 Å². The highest BCUT2D eigenvalue weighted by atomic mass is 16.3. The van der Waals surface area contributed by atoms with E-state index in [1.807, 2.05) is 6.07 Å². The molecule has 0 saturated heterocycles. The second kappa shape index (κ2) is 3.98. The molecule has 2 rings (SSSR count). The van der Waals surface area contributed by atoms with Crippen molar-refractivity contribution in [3.8, 4) is 0 Å². The summed E-state index contributed by atoms with van der Waals surface area (Å²) in [5.41, 5.74) is 6.59. The molecule has 80 valence electrons. The summed E-state index contributed by atoms with van der Waals surface area (Å²) in [6.07, 6.45) is 1.36. The quantitative estimate of drug-likeness (QED) is 0.566. The van der Waals surface area contributed by atoms with Gasteiger partial charge in [0.25, 0.3) is 0 Å². The molecule has 0 radical (unpaired) electrons. The molecular formula is C10H13N3O2. The summed E-state index contributed by atoms with van der Waals surface area (Å²) in [4.78, 5) is 7.06. The number of aromatic amines is 1. The third-order valence-electron chi connectivity index (χ3n) is 2.37. The number of pyridine rings is 1. The maximum Gasteiger partial charge on any atom is 0.137 e. The molecular weight excluding hydrogens is 194 g/mol. The highest BCUT2D eigenvalue weighted by Crippen LogP contribution is 2.19. The van der Waals surface area contributed by atoms with Crippen LogP contribution in [0, 0.1) is 0 Å². The average Bonchev–Trinajstić information content (AvgIpc) is 2.73. The minimum absolute atomic E-state index is 0.0202. The Bertz CT molecular complexity index is 455. The van der Waals surface area contributed by atoms with Gasteiger partial charge in [-0.2, -0.15) is 0 Å². The van der Waals surface area contributed by atoms with Gasteiger partial charge >= 0.3 is 0 Å². The average molecular weight is 207 g/mol. The van der Waals surface area contributed by atoms with Crippen molar-refractivity contribution in [1.29, 1.82) is 0 Å². The maximum absolute atomic E-state index is 9.71. The van der Waals surface area contributed by atoms with Crippen molar-refractivity contribution in [1.82, 2.24) is 9.97 Å². The zero-order valence-corrected chi connectivity index (χ0v) is 8.09. The lowest BCUT2D eigenvalue weighted by Gasteiger charge is -2.15. The van der Waals surface area contributed by atoms with Gasteiger partial charge in [-0.05, 0) is 12.1 Å². The Labute approximate surface area is 86.6 Å². The fourth-order valence-electron chi connectivity index (χ4n) is 1.47. The molecule has 5 nitrogen and oxygen atoms in total. The number of fused-ring (bicyclic) bond motifs is 1. The normalized spacial score (nSPS) is 15.4. The van der Waals surface area contributed by atoms with Crippen LogP contribution in [0.5, 0.6) is 0 Å². The Morgan fingerprint density at radius 2 is 2.27 bits per heavy atom. The standard InChI is InChI=1S/C10H13N3O2/c11-4-8(14)9(15)7-3-6-1-2-12-10(6)13-5-7/h1-3,5,8-9,14-15H,4,11H2,(H,12,13). The van der Waals surface area contributed by atoms with Crippen LogP contribution in [0.25, 0.3) is 11.0 Å². The van der Waals surface area contributed by atoms with Crippen LogP contribution in [0.3, 0.4) is 0 Å². The highest BCUT2D eigenvalue weighted by molar-refractivity contribution is 5.75. The third-order valence-corrected chi connectivity index (χ3v) is 2.37. The van der Waals surface area contributed by atoms with Crippen LogP contribution < -0.4 is 5.73 Å². The molecule has 2 aromatic rings. The van der Waals surface area contributed by atoms with Crippen molar-refractivity contribution < 1.29 is 10.2 Å². The zero-order chi connectivity index (χ0) is 10.8. The number of aromatic nitrogens is 2. The second-order valence-electron chi connectivity index (χ2n) is 3.43. The summed E-state index contributed by atoms with van der Waals surface area (Å²) in [6, 6.07) is 3.63. The molecule has 0 saturated carbocycles. The predicted molar refractivity (Wildman–Crippen MR) is 56.1 cm³/mol. The molecule has 15 heavy (non-hydrogen) atoms. The van der Waals surface area contributed by atoms with Crippen LogP contribution in [0.1, 0.15) is 11.7 Å². The van der Waals surface area contributed by atoms with Gasteiger partial charge in [0, 0.05) is 29.9 Å². The first kappa shape index (κ1) is 10.1. The highest BCUT2D eigenvalue weighted by Gasteiger charge is 2.17. The number of hydrogen-bond donors (Lipinski definition) is 4. The van der Waals surface area contributed by atoms with E-state index in [2.05, 4.69) is 9.97 Å². The van der Waals surface area contributed by atoms with Crippen molar-refractivity contribution >= 4 is 11.0 Å². The van der Waals surface area contributed by atoms with E-state index in [0.717, 1.165) is 11.0 Å². The first-order valence-corrected chi connectivity index (χ1v) is 4.71. The van der Waals surface area contributed by atoms with Crippen molar-refractivity contribution in [3.05, 3.63) is 30.1 Å². The topological polar surface area (TPSA) is 95.2 Å². The lowest BCUT2D eigenvalue weighted by molar-refractivity contribution is 0.0242. The Balaban J connectivity index is 2.35. The van der Waals surface area contributed by atoms with Gasteiger partial charge in [-0.25, -0.2) is 4.98 Å². The summed E-state index contributed by atoms with van der Waals surface area (Å²) in [6.45, 7) is 0.0202. The van der Waals surface area contributed by atoms with E-state index in [1.54, 1.807) is 12.3 Å². The van der Waals surface area contributed by atoms with Crippen LogP contribution in [0.2, 0.25) is 0 Å². The first-order chi connectivity index (χ1) is 7.22. The number of nitrogens with zero attached hydrogens (tertiary/aromatic N) is 1. The van der Waals surface area contributed by atoms with Crippen molar-refractivity contribution in [2.24, 2.45) is 5.73 Å². The van der Waals surface area contributed by atoms with E-state index >= 15 is 0 Å². The fourth-order valence-corrected chi connectivity index (χ4v) is 1.47. The number of hydrogen-bond acceptors (Lipinski definition) is 4. The number of aliphatic hydroxyl groups excluding tert-OH is 2. The van der Waals surface area contributed by atoms with Crippen LogP contribution in [-0.2, 0) is 0 Å². The van der Waals surface area contributed by atoms with Crippen molar-refractivity contribution in [2.45, 2.75) is 12.2 Å². The van der Waals surface area contributed by atoms with E-state index in [1.165, 1.54) is 6.20 Å². The van der Waals surface area contributed by atoms with E-state index in [-0.39, 0.29) is 6.54 Å². The Morgan fingerprint density at radius 3 is 3.00 bits per heavy atom. The Kier molecular flexibility index (Phi) is 2.68. The van der Waals surface area contributed by atoms with Gasteiger partial charge in [0.2, 0.25) is 0 Å². The second-order valence-corrected chi connectivity index (χ2v) is 3.43. The minimum atomic E-state index is -0.984. The number of nitrogens with two attached hydrogens (primary N) is 1. The molecule has 0 bridgehead atoms. The van der Waals surface area contributed by atoms with Gasteiger partial charge in [-0.3, -0.25) is 0 Å². The molecule has 0 spiro atoms. The summed E-state index contributed by atoms with van der Waals surface area (Å²) in [7, 11) is 0. The van der Waals surface area contributed by atoms with Gasteiger partial charge in [-0.15, -0.1) is 0 Å². The van der Waals surface area contributed by atoms with Gasteiger partial charge in [-0.1, -0.05) is 0 Å². The van der Waals surface area contributed by atoms with Gasteiger partial charge in [0.15, 0.2) is 0 Å². The van der Waals surface area contributed by atoms with Gasteiger partial charge in [0.05, 0.1) is 6.10 Å². The van der Waals surface area contributed by atoms with Crippen LogP contribution in [-0.4, -0.2) is 32.8 Å². The molecule has 5 N–H and O–H groups in total. The summed E-state index contributed by atoms with van der Waals surface area (Å²) in [5.74, 6) is 0. The minimum Gasteiger partial charge on any atom is -0.389 e. The van der Waals surface area contributed by atoms with E-state index < -0.39 is 12.2 Å². The molecule has 0 aliphatic carbocycles. The summed E-state index contributed by atoms with van der Waals surface area (Å²) >= 11 is 0. The molecule has 2 unspecified atom stereocenters. The first-order valence-electron chi connectivity index (χ1n) is 4.71. The van der Waals surface area contributed by atoms with Crippen molar-refractivity contribution in [3.63, 3.8) is 0 Å².